The number of hydrogen-bond acceptors (Lipinski definition) is 3. The van der Waals surface area contributed by atoms with Crippen LogP contribution in [0.2, 0.25) is 0 Å². The molecule has 0 aliphatic heterocycles. The van der Waals surface area contributed by atoms with Gasteiger partial charge < -0.3 is 5.11 Å². The number of para-hydroxylation sites is 1. The molecule has 0 saturated carbocycles. The summed E-state index contributed by atoms with van der Waals surface area (Å²) in [5.74, 6) is 0.887. The Morgan fingerprint density at radius 2 is 1.13 bits per heavy atom. The molecule has 0 aliphatic carbocycles. The van der Waals surface area contributed by atoms with E-state index in [0.717, 1.165) is 83.6 Å². The number of phenols is 1. The minimum absolute atomic E-state index is 0. The molecule has 0 saturated heterocycles. The Morgan fingerprint density at radius 1 is 0.507 bits per heavy atom. The number of imidazole rings is 1. The fourth-order valence-corrected chi connectivity index (χ4v) is 9.18. The Kier molecular flexibility index (Phi) is 12.7. The van der Waals surface area contributed by atoms with Crippen LogP contribution in [0.25, 0.3) is 83.9 Å². The van der Waals surface area contributed by atoms with Crippen LogP contribution < -0.4 is 0 Å². The van der Waals surface area contributed by atoms with E-state index >= 15 is 0 Å². The molecule has 0 amide bonds. The standard InChI is InChI=1S/C62H60N3O.Pt/c1-39-31-40(2)58(66)52(32-39)59-64-57-49(45-33-46(35-48(34-45)61(6,7)8)54-36-44(29-30-63-54)41-25-27-47(28-26-41)60(3,4)5)23-18-24-55(57)65(59)56-38-50(42-19-14-12-15-20-42)53(62(9,10)11)37-51(56)43-21-16-13-17-22-43;/h12-32,34-38,66H,1-11H3;/q-1;. The average molecular weight is 1060 g/mol. The quantitative estimate of drug-likeness (QED) is 0.162. The molecule has 2 aromatic heterocycles. The summed E-state index contributed by atoms with van der Waals surface area (Å²) in [4.78, 5) is 10.6. The Bertz CT molecular complexity index is 3250. The average Bonchev–Trinajstić information content (AvgIpc) is 3.69. The molecule has 5 heteroatoms. The van der Waals surface area contributed by atoms with Crippen LogP contribution in [0, 0.1) is 19.9 Å². The van der Waals surface area contributed by atoms with E-state index in [1.165, 1.54) is 16.7 Å². The summed E-state index contributed by atoms with van der Waals surface area (Å²) in [6.07, 6.45) is 1.91. The fourth-order valence-electron chi connectivity index (χ4n) is 9.18. The van der Waals surface area contributed by atoms with Crippen molar-refractivity contribution in [2.45, 2.75) is 92.4 Å². The van der Waals surface area contributed by atoms with E-state index in [1.54, 1.807) is 0 Å². The van der Waals surface area contributed by atoms with Gasteiger partial charge in [-0.15, -0.1) is 29.3 Å². The number of fused-ring (bicyclic) bond motifs is 1. The van der Waals surface area contributed by atoms with Crippen LogP contribution in [-0.2, 0) is 37.3 Å². The van der Waals surface area contributed by atoms with E-state index in [0.29, 0.717) is 11.4 Å². The molecule has 9 rings (SSSR count). The van der Waals surface area contributed by atoms with Crippen molar-refractivity contribution in [3.63, 3.8) is 0 Å². The van der Waals surface area contributed by atoms with Crippen LogP contribution >= 0.6 is 0 Å². The van der Waals surface area contributed by atoms with Crippen LogP contribution in [0.3, 0.4) is 0 Å². The molecule has 4 nitrogen and oxygen atoms in total. The Morgan fingerprint density at radius 3 is 1.76 bits per heavy atom. The maximum atomic E-state index is 12.0. The minimum atomic E-state index is -0.171. The van der Waals surface area contributed by atoms with Gasteiger partial charge in [-0.3, -0.25) is 9.55 Å². The smallest absolute Gasteiger partial charge is 0.148 e. The van der Waals surface area contributed by atoms with Gasteiger partial charge in [-0.05, 0) is 110 Å². The number of pyridine rings is 1. The van der Waals surface area contributed by atoms with Gasteiger partial charge in [0.05, 0.1) is 22.3 Å². The van der Waals surface area contributed by atoms with Crippen molar-refractivity contribution >= 4 is 11.0 Å². The second-order valence-corrected chi connectivity index (χ2v) is 21.0. The van der Waals surface area contributed by atoms with Crippen LogP contribution in [-0.4, -0.2) is 19.6 Å². The molecule has 0 aliphatic rings. The van der Waals surface area contributed by atoms with Gasteiger partial charge in [0.1, 0.15) is 11.6 Å². The summed E-state index contributed by atoms with van der Waals surface area (Å²) in [5.41, 5.74) is 19.1. The van der Waals surface area contributed by atoms with E-state index in [1.807, 2.05) is 19.2 Å². The van der Waals surface area contributed by atoms with Crippen molar-refractivity contribution in [1.82, 2.24) is 14.5 Å². The van der Waals surface area contributed by atoms with E-state index < -0.39 is 0 Å². The first-order valence-electron chi connectivity index (χ1n) is 23.1. The van der Waals surface area contributed by atoms with Crippen LogP contribution in [0.1, 0.15) is 90.1 Å². The number of hydrogen-bond donors (Lipinski definition) is 1. The van der Waals surface area contributed by atoms with Crippen molar-refractivity contribution in [2.75, 3.05) is 0 Å². The first-order chi connectivity index (χ1) is 31.3. The van der Waals surface area contributed by atoms with Crippen molar-refractivity contribution in [3.05, 3.63) is 192 Å². The van der Waals surface area contributed by atoms with Gasteiger partial charge in [0.2, 0.25) is 0 Å². The molecule has 340 valence electrons. The number of aromatic hydroxyl groups is 1. The summed E-state index contributed by atoms with van der Waals surface area (Å²) in [5, 5.41) is 12.0. The third kappa shape index (κ3) is 9.34. The minimum Gasteiger partial charge on any atom is -0.507 e. The number of aryl methyl sites for hydroxylation is 2. The van der Waals surface area contributed by atoms with Gasteiger partial charge >= 0.3 is 0 Å². The number of rotatable bonds is 7. The van der Waals surface area contributed by atoms with Gasteiger partial charge in [0.15, 0.2) is 0 Å². The summed E-state index contributed by atoms with van der Waals surface area (Å²) < 4.78 is 2.28. The molecule has 2 heterocycles. The maximum absolute atomic E-state index is 12.0. The van der Waals surface area contributed by atoms with Crippen LogP contribution in [0.4, 0.5) is 0 Å². The number of aromatic nitrogens is 3. The second-order valence-electron chi connectivity index (χ2n) is 21.0. The second kappa shape index (κ2) is 18.0. The molecule has 0 radical (unpaired) electrons. The monoisotopic (exact) mass is 1060 g/mol. The molecule has 0 bridgehead atoms. The van der Waals surface area contributed by atoms with Gasteiger partial charge in [0.25, 0.3) is 0 Å². The molecular formula is C62H60N3OPt-. The van der Waals surface area contributed by atoms with Gasteiger partial charge in [-0.1, -0.05) is 183 Å². The molecule has 9 aromatic rings. The SMILES string of the molecule is Cc1cc(C)c(O)c(-c2nc3c(-c4[c-]c(-c5cc(-c6ccc(C(C)(C)C)cc6)ccn5)cc(C(C)(C)C)c4)cccc3n2-c2cc(-c3ccccc3)c(C(C)(C)C)cc2-c2ccccc2)c1.[Pt]. The molecule has 67 heavy (non-hydrogen) atoms. The normalized spacial score (nSPS) is 12.0. The van der Waals surface area contributed by atoms with Crippen molar-refractivity contribution in [3.8, 4) is 78.6 Å². The molecule has 0 atom stereocenters. The third-order valence-corrected chi connectivity index (χ3v) is 12.9. The molecule has 0 fully saturated rings. The number of benzene rings is 7. The topological polar surface area (TPSA) is 50.9 Å². The fraction of sp³-hybridized carbons (Fsp3) is 0.226. The van der Waals surface area contributed by atoms with Crippen molar-refractivity contribution in [1.29, 1.82) is 0 Å². The maximum Gasteiger partial charge on any atom is 0.148 e. The summed E-state index contributed by atoms with van der Waals surface area (Å²) in [6, 6.07) is 58.1. The summed E-state index contributed by atoms with van der Waals surface area (Å²) in [6.45, 7) is 24.4. The third-order valence-electron chi connectivity index (χ3n) is 12.9. The van der Waals surface area contributed by atoms with Gasteiger partial charge in [-0.25, -0.2) is 4.98 Å². The van der Waals surface area contributed by atoms with E-state index in [4.69, 9.17) is 9.97 Å². The Labute approximate surface area is 412 Å². The van der Waals surface area contributed by atoms with Gasteiger partial charge in [-0.2, -0.15) is 0 Å². The summed E-state index contributed by atoms with van der Waals surface area (Å²) >= 11 is 0. The molecule has 0 unspecified atom stereocenters. The Hall–Kier alpha value is -6.35. The number of phenolic OH excluding ortho intramolecular Hbond substituents is 1. The van der Waals surface area contributed by atoms with Crippen LogP contribution in [0.15, 0.2) is 158 Å². The van der Waals surface area contributed by atoms with Gasteiger partial charge in [0, 0.05) is 38.5 Å². The van der Waals surface area contributed by atoms with E-state index in [2.05, 4.69) is 225 Å². The zero-order valence-corrected chi connectivity index (χ0v) is 42.9. The Balaban J connectivity index is 0.00000608. The first-order valence-corrected chi connectivity index (χ1v) is 23.1. The predicted octanol–water partition coefficient (Wildman–Crippen LogP) is 16.4. The van der Waals surface area contributed by atoms with E-state index in [-0.39, 0.29) is 43.1 Å². The molecule has 7 aromatic carbocycles. The largest absolute Gasteiger partial charge is 0.507 e. The molecule has 1 N–H and O–H groups in total. The molecular weight excluding hydrogens is 998 g/mol. The first kappa shape index (κ1) is 47.2. The zero-order valence-electron chi connectivity index (χ0n) is 40.6. The van der Waals surface area contributed by atoms with Crippen molar-refractivity contribution in [2.24, 2.45) is 0 Å². The van der Waals surface area contributed by atoms with Crippen molar-refractivity contribution < 1.29 is 26.2 Å². The van der Waals surface area contributed by atoms with E-state index in [9.17, 15) is 5.11 Å². The van der Waals surface area contributed by atoms with Crippen LogP contribution in [0.5, 0.6) is 5.75 Å². The predicted molar refractivity (Wildman–Crippen MR) is 278 cm³/mol. The summed E-state index contributed by atoms with van der Waals surface area (Å²) in [7, 11) is 0. The zero-order chi connectivity index (χ0) is 46.7. The number of nitrogens with zero attached hydrogens (tertiary/aromatic N) is 3. The molecule has 0 spiro atoms.